The highest BCUT2D eigenvalue weighted by Gasteiger charge is 2.33. The lowest BCUT2D eigenvalue weighted by Gasteiger charge is -2.26. The molecule has 3 aromatic carbocycles. The molecule has 0 spiro atoms. The Morgan fingerprint density at radius 2 is 1.19 bits per heavy atom. The predicted octanol–water partition coefficient (Wildman–Crippen LogP) is 0.538. The number of phenolic OH excluding ortho intramolecular Hbond substituents is 1. The summed E-state index contributed by atoms with van der Waals surface area (Å²) < 4.78 is 0. The number of rotatable bonds is 24. The number of carboxylic acids is 2. The maximum Gasteiger partial charge on any atom is 0.326 e. The summed E-state index contributed by atoms with van der Waals surface area (Å²) in [4.78, 5) is 108. The molecule has 6 atom stereocenters. The molecule has 0 bridgehead atoms. The van der Waals surface area contributed by atoms with Gasteiger partial charge in [0.05, 0.1) is 19.0 Å². The van der Waals surface area contributed by atoms with Gasteiger partial charge in [-0.05, 0) is 48.2 Å². The van der Waals surface area contributed by atoms with E-state index >= 15 is 0 Å². The number of aromatic nitrogens is 1. The van der Waals surface area contributed by atoms with Crippen molar-refractivity contribution in [3.63, 3.8) is 0 Å². The second kappa shape index (κ2) is 23.6. The fraction of sp³-hybridized carbons (Fsp3) is 0.364. The SMILES string of the molecule is CCCC[C@H](NC(=O)[C@H](Cc1c[nH]c2ccccc12)NC(=O)CNC(=O)[C@H](Cc1ccc(O)cc1)NC(=O)[C@H](C)N)C(=O)N[C@@H](CC(=O)O)C(=O)N[C@@H](Cc1ccccc1)C(=O)O. The Hall–Kier alpha value is -7.28. The summed E-state index contributed by atoms with van der Waals surface area (Å²) >= 11 is 0. The Balaban J connectivity index is 1.52. The van der Waals surface area contributed by atoms with Crippen molar-refractivity contribution in [2.45, 2.75) is 95.0 Å². The third-order valence-corrected chi connectivity index (χ3v) is 9.98. The van der Waals surface area contributed by atoms with E-state index in [2.05, 4.69) is 36.9 Å². The van der Waals surface area contributed by atoms with Gasteiger partial charge in [0.15, 0.2) is 0 Å². The number of fused-ring (bicyclic) bond motifs is 1. The van der Waals surface area contributed by atoms with Crippen LogP contribution in [0.3, 0.4) is 0 Å². The lowest BCUT2D eigenvalue weighted by atomic mass is 10.0. The number of phenols is 1. The van der Waals surface area contributed by atoms with Gasteiger partial charge in [-0.2, -0.15) is 0 Å². The Bertz CT molecular complexity index is 2230. The molecule has 1 heterocycles. The summed E-state index contributed by atoms with van der Waals surface area (Å²) in [5.74, 6) is -7.83. The first kappa shape index (κ1) is 48.4. The number of para-hydroxylation sites is 1. The predicted molar refractivity (Wildman–Crippen MR) is 230 cm³/mol. The molecule has 0 unspecified atom stereocenters. The number of nitrogens with two attached hydrogens (primary N) is 1. The summed E-state index contributed by atoms with van der Waals surface area (Å²) in [6.07, 6.45) is 1.55. The molecule has 0 fully saturated rings. The van der Waals surface area contributed by atoms with Crippen LogP contribution in [0.4, 0.5) is 0 Å². The van der Waals surface area contributed by atoms with E-state index in [1.807, 2.05) is 25.1 Å². The zero-order chi connectivity index (χ0) is 46.1. The molecule has 12 N–H and O–H groups in total. The summed E-state index contributed by atoms with van der Waals surface area (Å²) in [6, 6.07) is 13.6. The Morgan fingerprint density at radius 1 is 0.635 bits per heavy atom. The van der Waals surface area contributed by atoms with Crippen molar-refractivity contribution in [1.82, 2.24) is 36.9 Å². The number of unbranched alkanes of at least 4 members (excludes halogenated alkanes) is 1. The average molecular weight is 871 g/mol. The highest BCUT2D eigenvalue weighted by atomic mass is 16.4. The van der Waals surface area contributed by atoms with Gasteiger partial charge < -0.3 is 57.9 Å². The molecule has 0 saturated carbocycles. The lowest BCUT2D eigenvalue weighted by molar-refractivity contribution is -0.143. The van der Waals surface area contributed by atoms with Crippen LogP contribution in [-0.2, 0) is 57.6 Å². The normalized spacial score (nSPS) is 13.8. The van der Waals surface area contributed by atoms with Crippen LogP contribution in [0.25, 0.3) is 10.9 Å². The summed E-state index contributed by atoms with van der Waals surface area (Å²) in [5, 5.41) is 44.9. The van der Waals surface area contributed by atoms with Crippen LogP contribution in [0.15, 0.2) is 85.1 Å². The van der Waals surface area contributed by atoms with Crippen LogP contribution in [0.1, 0.15) is 56.2 Å². The first-order valence-electron chi connectivity index (χ1n) is 20.4. The molecule has 0 aliphatic carbocycles. The van der Waals surface area contributed by atoms with Gasteiger partial charge >= 0.3 is 11.9 Å². The van der Waals surface area contributed by atoms with Crippen molar-refractivity contribution in [3.05, 3.63) is 102 Å². The van der Waals surface area contributed by atoms with Crippen LogP contribution in [0, 0.1) is 0 Å². The fourth-order valence-electron chi connectivity index (χ4n) is 6.57. The zero-order valence-corrected chi connectivity index (χ0v) is 34.9. The van der Waals surface area contributed by atoms with Crippen LogP contribution in [0.5, 0.6) is 5.75 Å². The molecule has 4 rings (SSSR count). The maximum atomic E-state index is 14.1. The van der Waals surface area contributed by atoms with Crippen molar-refractivity contribution in [2.75, 3.05) is 6.54 Å². The first-order valence-corrected chi connectivity index (χ1v) is 20.4. The molecular weight excluding hydrogens is 817 g/mol. The Labute approximate surface area is 363 Å². The minimum atomic E-state index is -1.73. The molecule has 336 valence electrons. The Morgan fingerprint density at radius 3 is 1.84 bits per heavy atom. The van der Waals surface area contributed by atoms with Gasteiger partial charge in [-0.25, -0.2) is 4.79 Å². The van der Waals surface area contributed by atoms with Crippen LogP contribution >= 0.6 is 0 Å². The number of aromatic hydroxyl groups is 1. The van der Waals surface area contributed by atoms with Crippen molar-refractivity contribution < 1.29 is 53.7 Å². The molecule has 0 radical (unpaired) electrons. The number of hydrogen-bond acceptors (Lipinski definition) is 10. The number of carbonyl (C=O) groups is 8. The number of hydrogen-bond donors (Lipinski definition) is 11. The summed E-state index contributed by atoms with van der Waals surface area (Å²) in [6.45, 7) is 2.63. The van der Waals surface area contributed by atoms with Gasteiger partial charge in [0.2, 0.25) is 35.4 Å². The molecule has 6 amide bonds. The van der Waals surface area contributed by atoms with E-state index in [-0.39, 0.29) is 31.4 Å². The molecule has 1 aromatic heterocycles. The molecule has 0 saturated heterocycles. The highest BCUT2D eigenvalue weighted by molar-refractivity contribution is 5.97. The minimum Gasteiger partial charge on any atom is -0.508 e. The second-order valence-corrected chi connectivity index (χ2v) is 15.1. The van der Waals surface area contributed by atoms with Crippen molar-refractivity contribution >= 4 is 58.3 Å². The van der Waals surface area contributed by atoms with Crippen molar-refractivity contribution in [1.29, 1.82) is 0 Å². The zero-order valence-electron chi connectivity index (χ0n) is 34.9. The van der Waals surface area contributed by atoms with Gasteiger partial charge in [0.1, 0.15) is 36.0 Å². The highest BCUT2D eigenvalue weighted by Crippen LogP contribution is 2.20. The van der Waals surface area contributed by atoms with E-state index in [1.54, 1.807) is 54.7 Å². The number of amides is 6. The van der Waals surface area contributed by atoms with Crippen LogP contribution < -0.4 is 37.6 Å². The standard InChI is InChI=1S/C44H54N8O11/c1-3-4-13-32(41(59)51-35(22-38(55)56)43(61)52-36(44(62)63)20-26-10-6-5-7-11-26)49-42(60)34(21-28-23-46-31-14-9-8-12-30(28)31)48-37(54)24-47-40(58)33(50-39(57)25(2)45)19-27-15-17-29(53)18-16-27/h5-12,14-18,23,25,32-36,46,53H,3-4,13,19-22,24,45H2,1-2H3,(H,47,58)(H,48,54)(H,49,60)(H,50,57)(H,51,59)(H,52,61)(H,55,56)(H,62,63)/t25-,32-,33-,34-,35-,36-/m0/s1. The molecule has 19 heteroatoms. The minimum absolute atomic E-state index is 0.00445. The number of aromatic amines is 1. The first-order chi connectivity index (χ1) is 30.0. The summed E-state index contributed by atoms with van der Waals surface area (Å²) in [7, 11) is 0. The number of benzene rings is 3. The molecule has 63 heavy (non-hydrogen) atoms. The molecule has 4 aromatic rings. The van der Waals surface area contributed by atoms with E-state index in [0.29, 0.717) is 29.5 Å². The van der Waals surface area contributed by atoms with Gasteiger partial charge in [-0.3, -0.25) is 33.6 Å². The largest absolute Gasteiger partial charge is 0.508 e. The van der Waals surface area contributed by atoms with E-state index < -0.39 is 96.6 Å². The quantitative estimate of drug-likeness (QED) is 0.0460. The van der Waals surface area contributed by atoms with Crippen molar-refractivity contribution in [3.8, 4) is 5.75 Å². The lowest BCUT2D eigenvalue weighted by Crippen LogP contribution is -2.59. The van der Waals surface area contributed by atoms with E-state index in [9.17, 15) is 53.7 Å². The van der Waals surface area contributed by atoms with E-state index in [0.717, 1.165) is 10.9 Å². The summed E-state index contributed by atoms with van der Waals surface area (Å²) in [5.41, 5.74) is 8.25. The average Bonchev–Trinajstić information content (AvgIpc) is 3.66. The van der Waals surface area contributed by atoms with Gasteiger partial charge in [-0.1, -0.05) is 80.4 Å². The third kappa shape index (κ3) is 15.3. The van der Waals surface area contributed by atoms with Gasteiger partial charge in [0.25, 0.3) is 0 Å². The maximum absolute atomic E-state index is 14.1. The molecular formula is C44H54N8O11. The van der Waals surface area contributed by atoms with E-state index in [1.165, 1.54) is 19.1 Å². The molecule has 0 aliphatic heterocycles. The Kier molecular flexibility index (Phi) is 18.2. The number of carbonyl (C=O) groups excluding carboxylic acids is 6. The monoisotopic (exact) mass is 870 g/mol. The molecule has 0 aliphatic rings. The van der Waals surface area contributed by atoms with E-state index in [4.69, 9.17) is 5.73 Å². The van der Waals surface area contributed by atoms with Crippen LogP contribution in [0.2, 0.25) is 0 Å². The van der Waals surface area contributed by atoms with Crippen molar-refractivity contribution in [2.24, 2.45) is 5.73 Å². The number of aliphatic carboxylic acids is 2. The van der Waals surface area contributed by atoms with Gasteiger partial charge in [-0.15, -0.1) is 0 Å². The number of H-pyrrole nitrogens is 1. The third-order valence-electron chi connectivity index (χ3n) is 9.98. The van der Waals surface area contributed by atoms with Crippen LogP contribution in [-0.4, -0.2) is 110 Å². The smallest absolute Gasteiger partial charge is 0.326 e. The fourth-order valence-corrected chi connectivity index (χ4v) is 6.57. The van der Waals surface area contributed by atoms with Gasteiger partial charge in [0, 0.05) is 36.4 Å². The molecule has 19 nitrogen and oxygen atoms in total. The number of carboxylic acid groups (broad SMARTS) is 2. The topological polar surface area (TPSA) is 311 Å². The number of nitrogens with one attached hydrogen (secondary N) is 7. The second-order valence-electron chi connectivity index (χ2n) is 15.1.